The largest absolute Gasteiger partial charge is 0.397 e. The van der Waals surface area contributed by atoms with Gasteiger partial charge in [-0.15, -0.1) is 0 Å². The number of rotatable bonds is 3. The first kappa shape index (κ1) is 13.0. The van der Waals surface area contributed by atoms with E-state index in [-0.39, 0.29) is 17.4 Å². The first-order chi connectivity index (χ1) is 8.29. The van der Waals surface area contributed by atoms with E-state index < -0.39 is 0 Å². The van der Waals surface area contributed by atoms with Crippen LogP contribution in [0.4, 0.5) is 5.69 Å². The Morgan fingerprint density at radius 3 is 2.61 bits per heavy atom. The third-order valence-electron chi connectivity index (χ3n) is 3.69. The van der Waals surface area contributed by atoms with Gasteiger partial charge in [0.05, 0.1) is 5.69 Å². The van der Waals surface area contributed by atoms with E-state index in [0.717, 1.165) is 12.8 Å². The number of carbonyl (C=O) groups is 1. The molecule has 0 saturated heterocycles. The second kappa shape index (κ2) is 4.34. The van der Waals surface area contributed by atoms with Crippen molar-refractivity contribution in [3.8, 4) is 0 Å². The number of aromatic nitrogens is 1. The van der Waals surface area contributed by atoms with Gasteiger partial charge in [-0.25, -0.2) is 0 Å². The number of carbonyl (C=O) groups excluding carboxylic acids is 1. The molecule has 0 radical (unpaired) electrons. The Hall–Kier alpha value is -1.45. The zero-order chi connectivity index (χ0) is 13.5. The quantitative estimate of drug-likeness (QED) is 0.865. The van der Waals surface area contributed by atoms with Gasteiger partial charge < -0.3 is 15.6 Å². The minimum atomic E-state index is -0.0268. The van der Waals surface area contributed by atoms with Crippen molar-refractivity contribution in [2.75, 3.05) is 5.73 Å². The van der Waals surface area contributed by atoms with Crippen molar-refractivity contribution >= 4 is 11.6 Å². The Bertz CT molecular complexity index is 452. The van der Waals surface area contributed by atoms with Crippen LogP contribution in [0.25, 0.3) is 0 Å². The fourth-order valence-corrected chi connectivity index (χ4v) is 1.82. The van der Waals surface area contributed by atoms with Crippen molar-refractivity contribution in [1.82, 2.24) is 9.88 Å². The van der Waals surface area contributed by atoms with Gasteiger partial charge in [-0.1, -0.05) is 20.8 Å². The Balaban J connectivity index is 2.14. The average Bonchev–Trinajstić information content (AvgIpc) is 3.00. The molecule has 1 aliphatic rings. The third-order valence-corrected chi connectivity index (χ3v) is 3.69. The predicted octanol–water partition coefficient (Wildman–Crippen LogP) is 2.57. The maximum absolute atomic E-state index is 12.3. The highest BCUT2D eigenvalue weighted by Gasteiger charge is 2.29. The van der Waals surface area contributed by atoms with Gasteiger partial charge in [-0.2, -0.15) is 0 Å². The molecule has 1 heterocycles. The number of hydrogen-bond donors (Lipinski definition) is 2. The summed E-state index contributed by atoms with van der Waals surface area (Å²) in [5.41, 5.74) is 7.20. The van der Waals surface area contributed by atoms with Gasteiger partial charge in [0.1, 0.15) is 5.69 Å². The summed E-state index contributed by atoms with van der Waals surface area (Å²) in [7, 11) is 0. The molecule has 4 nitrogen and oxygen atoms in total. The molecule has 0 aromatic carbocycles. The molecular weight excluding hydrogens is 226 g/mol. The van der Waals surface area contributed by atoms with Crippen LogP contribution in [0.15, 0.2) is 12.3 Å². The molecule has 1 fully saturated rings. The fourth-order valence-electron chi connectivity index (χ4n) is 1.82. The van der Waals surface area contributed by atoms with Crippen molar-refractivity contribution in [3.05, 3.63) is 18.0 Å². The van der Waals surface area contributed by atoms with E-state index in [1.54, 1.807) is 6.07 Å². The molecule has 1 amide bonds. The maximum Gasteiger partial charge on any atom is 0.268 e. The highest BCUT2D eigenvalue weighted by Crippen LogP contribution is 2.37. The minimum absolute atomic E-state index is 0.0268. The second-order valence-electron chi connectivity index (χ2n) is 6.36. The summed E-state index contributed by atoms with van der Waals surface area (Å²) < 4.78 is 2.01. The summed E-state index contributed by atoms with van der Waals surface area (Å²) in [5.74, 6) is -0.0268. The van der Waals surface area contributed by atoms with E-state index in [1.807, 2.05) is 17.7 Å². The lowest BCUT2D eigenvalue weighted by Crippen LogP contribution is -2.42. The highest BCUT2D eigenvalue weighted by atomic mass is 16.2. The molecular formula is C14H23N3O. The van der Waals surface area contributed by atoms with Crippen LogP contribution in [0.3, 0.4) is 0 Å². The lowest BCUT2D eigenvalue weighted by Gasteiger charge is -2.28. The zero-order valence-electron chi connectivity index (χ0n) is 11.7. The van der Waals surface area contributed by atoms with Crippen molar-refractivity contribution in [2.45, 2.75) is 52.6 Å². The Morgan fingerprint density at radius 2 is 2.11 bits per heavy atom. The fraction of sp³-hybridized carbons (Fsp3) is 0.643. The molecule has 18 heavy (non-hydrogen) atoms. The molecule has 1 saturated carbocycles. The van der Waals surface area contributed by atoms with Gasteiger partial charge in [-0.3, -0.25) is 4.79 Å². The standard InChI is InChI=1S/C14H23N3O/c1-9(14(2,3)4)16-13(18)12-7-10(15)8-17(12)11-5-6-11/h7-9,11H,5-6,15H2,1-4H3,(H,16,18). The van der Waals surface area contributed by atoms with Gasteiger partial charge >= 0.3 is 0 Å². The third kappa shape index (κ3) is 2.68. The van der Waals surface area contributed by atoms with Gasteiger partial charge in [0, 0.05) is 18.3 Å². The Kier molecular flexibility index (Phi) is 3.13. The molecule has 100 valence electrons. The van der Waals surface area contributed by atoms with E-state index in [9.17, 15) is 4.79 Å². The van der Waals surface area contributed by atoms with Gasteiger partial charge in [0.15, 0.2) is 0 Å². The minimum Gasteiger partial charge on any atom is -0.397 e. The zero-order valence-corrected chi connectivity index (χ0v) is 11.7. The second-order valence-corrected chi connectivity index (χ2v) is 6.36. The van der Waals surface area contributed by atoms with Crippen LogP contribution in [0.2, 0.25) is 0 Å². The normalized spacial score (nSPS) is 17.6. The van der Waals surface area contributed by atoms with Crippen LogP contribution in [-0.4, -0.2) is 16.5 Å². The molecule has 1 aromatic rings. The van der Waals surface area contributed by atoms with Crippen LogP contribution in [-0.2, 0) is 0 Å². The number of anilines is 1. The van der Waals surface area contributed by atoms with Gasteiger partial charge in [-0.05, 0) is 31.2 Å². The molecule has 0 spiro atoms. The topological polar surface area (TPSA) is 60.1 Å². The van der Waals surface area contributed by atoms with E-state index in [4.69, 9.17) is 5.73 Å². The van der Waals surface area contributed by atoms with Crippen LogP contribution < -0.4 is 11.1 Å². The van der Waals surface area contributed by atoms with Crippen molar-refractivity contribution in [1.29, 1.82) is 0 Å². The van der Waals surface area contributed by atoms with Crippen molar-refractivity contribution in [2.24, 2.45) is 5.41 Å². The summed E-state index contributed by atoms with van der Waals surface area (Å²) in [5, 5.41) is 3.06. The summed E-state index contributed by atoms with van der Waals surface area (Å²) >= 11 is 0. The highest BCUT2D eigenvalue weighted by molar-refractivity contribution is 5.94. The SMILES string of the molecule is CC(NC(=O)c1cc(N)cn1C1CC1)C(C)(C)C. The summed E-state index contributed by atoms with van der Waals surface area (Å²) in [6.07, 6.45) is 4.15. The molecule has 1 aromatic heterocycles. The van der Waals surface area contributed by atoms with Crippen LogP contribution in [0.5, 0.6) is 0 Å². The average molecular weight is 249 g/mol. The summed E-state index contributed by atoms with van der Waals surface area (Å²) in [6, 6.07) is 2.35. The Labute approximate surface area is 109 Å². The van der Waals surface area contributed by atoms with E-state index in [1.165, 1.54) is 0 Å². The predicted molar refractivity (Wildman–Crippen MR) is 73.5 cm³/mol. The van der Waals surface area contributed by atoms with E-state index in [2.05, 4.69) is 26.1 Å². The first-order valence-corrected chi connectivity index (χ1v) is 6.57. The van der Waals surface area contributed by atoms with Gasteiger partial charge in [0.25, 0.3) is 5.91 Å². The number of hydrogen-bond acceptors (Lipinski definition) is 2. The number of amides is 1. The van der Waals surface area contributed by atoms with Crippen molar-refractivity contribution in [3.63, 3.8) is 0 Å². The first-order valence-electron chi connectivity index (χ1n) is 6.57. The molecule has 1 aliphatic carbocycles. The van der Waals surface area contributed by atoms with E-state index in [0.29, 0.717) is 17.4 Å². The van der Waals surface area contributed by atoms with Gasteiger partial charge in [0.2, 0.25) is 0 Å². The molecule has 1 atom stereocenters. The molecule has 3 N–H and O–H groups in total. The lowest BCUT2D eigenvalue weighted by molar-refractivity contribution is 0.0900. The van der Waals surface area contributed by atoms with Crippen LogP contribution in [0.1, 0.15) is 57.1 Å². The van der Waals surface area contributed by atoms with Crippen molar-refractivity contribution < 1.29 is 4.79 Å². The number of nitrogens with zero attached hydrogens (tertiary/aromatic N) is 1. The smallest absolute Gasteiger partial charge is 0.268 e. The lowest BCUT2D eigenvalue weighted by atomic mass is 9.88. The molecule has 0 aliphatic heterocycles. The number of nitrogens with two attached hydrogens (primary N) is 1. The maximum atomic E-state index is 12.3. The molecule has 2 rings (SSSR count). The number of nitrogens with one attached hydrogen (secondary N) is 1. The van der Waals surface area contributed by atoms with Crippen LogP contribution in [0, 0.1) is 5.41 Å². The van der Waals surface area contributed by atoms with Crippen LogP contribution >= 0.6 is 0 Å². The number of nitrogen functional groups attached to an aromatic ring is 1. The molecule has 4 heteroatoms. The summed E-state index contributed by atoms with van der Waals surface area (Å²) in [6.45, 7) is 8.39. The summed E-state index contributed by atoms with van der Waals surface area (Å²) in [4.78, 5) is 12.3. The monoisotopic (exact) mass is 249 g/mol. The Morgan fingerprint density at radius 1 is 1.50 bits per heavy atom. The van der Waals surface area contributed by atoms with E-state index >= 15 is 0 Å². The molecule has 1 unspecified atom stereocenters. The molecule has 0 bridgehead atoms.